The van der Waals surface area contributed by atoms with E-state index >= 15 is 0 Å². The quantitative estimate of drug-likeness (QED) is 0.500. The van der Waals surface area contributed by atoms with Gasteiger partial charge in [0.05, 0.1) is 0 Å². The molecule has 0 amide bonds. The lowest BCUT2D eigenvalue weighted by molar-refractivity contribution is 0.239. The van der Waals surface area contributed by atoms with Gasteiger partial charge in [0.2, 0.25) is 0 Å². The molecule has 2 nitrogen and oxygen atoms in total. The van der Waals surface area contributed by atoms with Crippen molar-refractivity contribution in [3.63, 3.8) is 0 Å². The van der Waals surface area contributed by atoms with E-state index in [1.807, 2.05) is 24.1 Å². The Labute approximate surface area is 75.9 Å². The Morgan fingerprint density at radius 3 is 2.50 bits per heavy atom. The van der Waals surface area contributed by atoms with Crippen molar-refractivity contribution in [1.82, 2.24) is 10.4 Å². The fourth-order valence-corrected chi connectivity index (χ4v) is 0.971. The van der Waals surface area contributed by atoms with Crippen LogP contribution in [0.4, 0.5) is 0 Å². The van der Waals surface area contributed by atoms with Crippen molar-refractivity contribution in [1.29, 1.82) is 0 Å². The molecule has 0 radical (unpaired) electrons. The van der Waals surface area contributed by atoms with Crippen molar-refractivity contribution < 1.29 is 0 Å². The largest absolute Gasteiger partial charge is 0.309 e. The van der Waals surface area contributed by atoms with Gasteiger partial charge in [0.15, 0.2) is 0 Å². The van der Waals surface area contributed by atoms with Gasteiger partial charge in [-0.1, -0.05) is 12.7 Å². The maximum Gasteiger partial charge on any atom is 0.0444 e. The molecular weight excluding hydrogens is 148 g/mol. The van der Waals surface area contributed by atoms with Crippen molar-refractivity contribution >= 4 is 0 Å². The smallest absolute Gasteiger partial charge is 0.0444 e. The van der Waals surface area contributed by atoms with Crippen molar-refractivity contribution in [2.24, 2.45) is 0 Å². The van der Waals surface area contributed by atoms with Crippen LogP contribution in [-0.4, -0.2) is 17.6 Å². The number of allylic oxidation sites excluding steroid dienone is 2. The summed E-state index contributed by atoms with van der Waals surface area (Å²) < 4.78 is 0. The summed E-state index contributed by atoms with van der Waals surface area (Å²) in [7, 11) is 0. The van der Waals surface area contributed by atoms with E-state index in [4.69, 9.17) is 0 Å². The molecule has 0 heterocycles. The maximum absolute atomic E-state index is 3.95. The van der Waals surface area contributed by atoms with E-state index in [2.05, 4.69) is 32.8 Å². The van der Waals surface area contributed by atoms with Crippen molar-refractivity contribution in [2.45, 2.75) is 33.7 Å². The van der Waals surface area contributed by atoms with Crippen molar-refractivity contribution in [3.8, 4) is 0 Å². The molecule has 0 fully saturated rings. The van der Waals surface area contributed by atoms with Crippen LogP contribution in [0, 0.1) is 0 Å². The molecule has 1 N–H and O–H groups in total. The van der Waals surface area contributed by atoms with Gasteiger partial charge in [0.1, 0.15) is 0 Å². The summed E-state index contributed by atoms with van der Waals surface area (Å²) in [5, 5.41) is 2.05. The van der Waals surface area contributed by atoms with Gasteiger partial charge in [-0.3, -0.25) is 0 Å². The Morgan fingerprint density at radius 1 is 1.58 bits per heavy atom. The van der Waals surface area contributed by atoms with Crippen LogP contribution in [0.1, 0.15) is 27.7 Å². The van der Waals surface area contributed by atoms with E-state index in [1.165, 1.54) is 0 Å². The number of hydrogen-bond acceptors (Lipinski definition) is 2. The summed E-state index contributed by atoms with van der Waals surface area (Å²) in [5.41, 5.74) is 4.30. The summed E-state index contributed by atoms with van der Waals surface area (Å²) in [6.45, 7) is 13.2. The van der Waals surface area contributed by atoms with Crippen LogP contribution < -0.4 is 5.43 Å². The third-order valence-electron chi connectivity index (χ3n) is 1.44. The lowest BCUT2D eigenvalue weighted by Gasteiger charge is -2.26. The highest BCUT2D eigenvalue weighted by molar-refractivity contribution is 5.11. The summed E-state index contributed by atoms with van der Waals surface area (Å²) in [6, 6.07) is 0.451. The van der Waals surface area contributed by atoms with Crippen LogP contribution in [0.3, 0.4) is 0 Å². The average Bonchev–Trinajstić information content (AvgIpc) is 2.00. The predicted octanol–water partition coefficient (Wildman–Crippen LogP) is 2.31. The Bertz CT molecular complexity index is 159. The van der Waals surface area contributed by atoms with Gasteiger partial charge in [-0.15, -0.1) is 0 Å². The Balaban J connectivity index is 4.05. The minimum atomic E-state index is 0.451. The molecule has 0 aliphatic rings. The molecule has 70 valence electrons. The molecule has 0 spiro atoms. The van der Waals surface area contributed by atoms with E-state index in [0.717, 1.165) is 12.2 Å². The van der Waals surface area contributed by atoms with Crippen LogP contribution in [0.15, 0.2) is 24.4 Å². The molecule has 12 heavy (non-hydrogen) atoms. The second kappa shape index (κ2) is 5.84. The normalized spacial score (nSPS) is 11.1. The number of rotatable bonds is 5. The molecule has 0 rings (SSSR count). The highest BCUT2D eigenvalue weighted by Gasteiger charge is 2.02. The molecule has 0 aromatic rings. The summed E-state index contributed by atoms with van der Waals surface area (Å²) >= 11 is 0. The van der Waals surface area contributed by atoms with E-state index in [1.54, 1.807) is 0 Å². The first-order chi connectivity index (χ1) is 5.61. The predicted molar refractivity (Wildman–Crippen MR) is 54.6 cm³/mol. The van der Waals surface area contributed by atoms with Gasteiger partial charge >= 0.3 is 0 Å². The number of likely N-dealkylation sites (N-methyl/N-ethyl adjacent to an activating group) is 1. The Hall–Kier alpha value is -0.760. The Kier molecular flexibility index (Phi) is 5.47. The fraction of sp³-hybridized carbons (Fsp3) is 0.600. The number of nitrogens with one attached hydrogen (secondary N) is 1. The fourth-order valence-electron chi connectivity index (χ4n) is 0.971. The maximum atomic E-state index is 3.95. The SMILES string of the molecule is C=C(/C=C\C)N(CC)NC(C)C. The van der Waals surface area contributed by atoms with Crippen molar-refractivity contribution in [3.05, 3.63) is 24.4 Å². The van der Waals surface area contributed by atoms with Crippen LogP contribution in [-0.2, 0) is 0 Å². The molecular formula is C10H20N2. The van der Waals surface area contributed by atoms with Crippen LogP contribution in [0.5, 0.6) is 0 Å². The minimum Gasteiger partial charge on any atom is -0.309 e. The third-order valence-corrected chi connectivity index (χ3v) is 1.44. The summed E-state index contributed by atoms with van der Waals surface area (Å²) in [5.74, 6) is 0. The molecule has 0 unspecified atom stereocenters. The first-order valence-electron chi connectivity index (χ1n) is 4.47. The first kappa shape index (κ1) is 11.2. The topological polar surface area (TPSA) is 15.3 Å². The van der Waals surface area contributed by atoms with Gasteiger partial charge in [-0.25, -0.2) is 5.43 Å². The van der Waals surface area contributed by atoms with Crippen LogP contribution in [0.25, 0.3) is 0 Å². The molecule has 0 aliphatic carbocycles. The lowest BCUT2D eigenvalue weighted by atomic mass is 10.4. The molecule has 0 aliphatic heterocycles. The summed E-state index contributed by atoms with van der Waals surface area (Å²) in [4.78, 5) is 0. The molecule has 0 aromatic carbocycles. The van der Waals surface area contributed by atoms with Gasteiger partial charge in [0.25, 0.3) is 0 Å². The highest BCUT2D eigenvalue weighted by Crippen LogP contribution is 2.00. The van der Waals surface area contributed by atoms with E-state index in [-0.39, 0.29) is 0 Å². The number of hydrazine groups is 1. The molecule has 0 saturated heterocycles. The Morgan fingerprint density at radius 2 is 2.17 bits per heavy atom. The highest BCUT2D eigenvalue weighted by atomic mass is 15.5. The summed E-state index contributed by atoms with van der Waals surface area (Å²) in [6.07, 6.45) is 3.99. The first-order valence-corrected chi connectivity index (χ1v) is 4.47. The average molecular weight is 168 g/mol. The van der Waals surface area contributed by atoms with Gasteiger partial charge in [0, 0.05) is 18.3 Å². The third kappa shape index (κ3) is 4.19. The van der Waals surface area contributed by atoms with E-state index in [0.29, 0.717) is 6.04 Å². The molecule has 0 bridgehead atoms. The second-order valence-electron chi connectivity index (χ2n) is 3.02. The van der Waals surface area contributed by atoms with Crippen molar-refractivity contribution in [2.75, 3.05) is 6.54 Å². The minimum absolute atomic E-state index is 0.451. The molecule has 0 saturated carbocycles. The van der Waals surface area contributed by atoms with Crippen LogP contribution >= 0.6 is 0 Å². The zero-order valence-electron chi connectivity index (χ0n) is 8.59. The van der Waals surface area contributed by atoms with E-state index in [9.17, 15) is 0 Å². The monoisotopic (exact) mass is 168 g/mol. The molecule has 2 heteroatoms. The lowest BCUT2D eigenvalue weighted by Crippen LogP contribution is -2.40. The van der Waals surface area contributed by atoms with Crippen LogP contribution in [0.2, 0.25) is 0 Å². The van der Waals surface area contributed by atoms with Gasteiger partial charge in [-0.2, -0.15) is 0 Å². The van der Waals surface area contributed by atoms with Gasteiger partial charge in [-0.05, 0) is 33.8 Å². The zero-order valence-corrected chi connectivity index (χ0v) is 8.59. The number of nitrogens with zero attached hydrogens (tertiary/aromatic N) is 1. The second-order valence-corrected chi connectivity index (χ2v) is 3.02. The van der Waals surface area contributed by atoms with E-state index < -0.39 is 0 Å². The molecule has 0 atom stereocenters. The standard InChI is InChI=1S/C10H20N2/c1-6-8-10(5)12(7-2)11-9(3)4/h6,8-9,11H,5,7H2,1-4H3/b8-6-. The van der Waals surface area contributed by atoms with Gasteiger partial charge < -0.3 is 5.01 Å². The molecule has 0 aromatic heterocycles. The number of hydrogen-bond donors (Lipinski definition) is 1. The zero-order chi connectivity index (χ0) is 9.56.